The summed E-state index contributed by atoms with van der Waals surface area (Å²) in [6.07, 6.45) is 2.83. The maximum Gasteiger partial charge on any atom is 0.0237 e. The lowest BCUT2D eigenvalue weighted by atomic mass is 10.1. The van der Waals surface area contributed by atoms with Crippen LogP contribution < -0.4 is 0 Å². The fourth-order valence-corrected chi connectivity index (χ4v) is 2.28. The van der Waals surface area contributed by atoms with Gasteiger partial charge < -0.3 is 4.90 Å². The number of piperidine rings is 1. The Hall–Kier alpha value is 0.690. The molecule has 1 aliphatic heterocycles. The molecule has 1 rings (SSSR count). The first-order chi connectivity index (χ1) is 4.33. The van der Waals surface area contributed by atoms with E-state index in [1.54, 1.807) is 0 Å². The van der Waals surface area contributed by atoms with Crippen molar-refractivity contribution in [1.29, 1.82) is 0 Å². The van der Waals surface area contributed by atoms with Gasteiger partial charge in [0.05, 0.1) is 0 Å². The van der Waals surface area contributed by atoms with Gasteiger partial charge in [-0.05, 0) is 25.9 Å². The third kappa shape index (κ3) is 2.42. The molecule has 2 heteroatoms. The second-order valence-corrected chi connectivity index (χ2v) is 4.39. The first-order valence-electron chi connectivity index (χ1n) is 3.69. The second-order valence-electron chi connectivity index (χ2n) is 2.63. The Balaban J connectivity index is 2.23. The van der Waals surface area contributed by atoms with Crippen molar-refractivity contribution in [3.63, 3.8) is 0 Å². The Morgan fingerprint density at radius 3 is 2.89 bits per heavy atom. The Morgan fingerprint density at radius 2 is 2.44 bits per heavy atom. The molecule has 0 aromatic heterocycles. The summed E-state index contributed by atoms with van der Waals surface area (Å²) in [6.45, 7) is 6.13. The van der Waals surface area contributed by atoms with E-state index in [-0.39, 0.29) is 0 Å². The van der Waals surface area contributed by atoms with Gasteiger partial charge >= 0.3 is 0 Å². The molecule has 0 amide bonds. The minimum Gasteiger partial charge on any atom is -0.303 e. The van der Waals surface area contributed by atoms with Crippen LogP contribution in [-0.2, 0) is 0 Å². The van der Waals surface area contributed by atoms with Crippen LogP contribution in [0.15, 0.2) is 0 Å². The molecule has 0 aliphatic carbocycles. The normalized spacial score (nSPS) is 30.7. The van der Waals surface area contributed by atoms with Crippen LogP contribution in [-0.4, -0.2) is 28.5 Å². The monoisotopic (exact) mass is 239 g/mol. The summed E-state index contributed by atoms with van der Waals surface area (Å²) in [4.78, 5) is 2.53. The minimum absolute atomic E-state index is 0.913. The molecular formula is C7H14IN. The van der Waals surface area contributed by atoms with E-state index in [0.29, 0.717) is 0 Å². The number of hydrogen-bond acceptors (Lipinski definition) is 1. The van der Waals surface area contributed by atoms with Crippen molar-refractivity contribution in [3.8, 4) is 0 Å². The van der Waals surface area contributed by atoms with E-state index in [9.17, 15) is 0 Å². The number of rotatable bonds is 1. The first kappa shape index (κ1) is 7.79. The molecule has 1 fully saturated rings. The lowest BCUT2D eigenvalue weighted by Gasteiger charge is -2.28. The third-order valence-corrected chi connectivity index (χ3v) is 2.91. The third-order valence-electron chi connectivity index (χ3n) is 1.90. The maximum atomic E-state index is 2.55. The fraction of sp³-hybridized carbons (Fsp3) is 1.00. The second kappa shape index (κ2) is 3.76. The highest BCUT2D eigenvalue weighted by Crippen LogP contribution is 2.16. The Kier molecular flexibility index (Phi) is 3.26. The molecule has 1 heterocycles. The van der Waals surface area contributed by atoms with Crippen molar-refractivity contribution in [2.24, 2.45) is 0 Å². The molecule has 0 bridgehead atoms. The smallest absolute Gasteiger partial charge is 0.0237 e. The fourth-order valence-electron chi connectivity index (χ4n) is 1.29. The average molecular weight is 239 g/mol. The van der Waals surface area contributed by atoms with E-state index in [1.165, 1.54) is 32.5 Å². The minimum atomic E-state index is 0.913. The molecule has 1 nitrogen and oxygen atoms in total. The molecule has 0 aromatic carbocycles. The molecule has 1 aliphatic rings. The molecule has 54 valence electrons. The number of hydrogen-bond donors (Lipinski definition) is 0. The Morgan fingerprint density at radius 1 is 1.67 bits per heavy atom. The van der Waals surface area contributed by atoms with Gasteiger partial charge in [-0.15, -0.1) is 0 Å². The van der Waals surface area contributed by atoms with Crippen LogP contribution in [0, 0.1) is 0 Å². The summed E-state index contributed by atoms with van der Waals surface area (Å²) < 4.78 is 0.913. The number of nitrogens with zero attached hydrogens (tertiary/aromatic N) is 1. The van der Waals surface area contributed by atoms with E-state index in [4.69, 9.17) is 0 Å². The first-order valence-corrected chi connectivity index (χ1v) is 4.94. The molecule has 0 aromatic rings. The molecule has 1 saturated heterocycles. The lowest BCUT2D eigenvalue weighted by molar-refractivity contribution is 0.250. The van der Waals surface area contributed by atoms with Crippen LogP contribution in [0.4, 0.5) is 0 Å². The van der Waals surface area contributed by atoms with E-state index in [0.717, 1.165) is 3.92 Å². The van der Waals surface area contributed by atoms with Crippen molar-refractivity contribution >= 4 is 22.6 Å². The van der Waals surface area contributed by atoms with Gasteiger partial charge in [0.1, 0.15) is 0 Å². The lowest BCUT2D eigenvalue weighted by Crippen LogP contribution is -2.35. The van der Waals surface area contributed by atoms with E-state index in [1.807, 2.05) is 0 Å². The van der Waals surface area contributed by atoms with Gasteiger partial charge in [-0.25, -0.2) is 0 Å². The van der Waals surface area contributed by atoms with E-state index in [2.05, 4.69) is 34.4 Å². The van der Waals surface area contributed by atoms with Crippen LogP contribution >= 0.6 is 22.6 Å². The Labute approximate surface area is 70.9 Å². The number of likely N-dealkylation sites (tertiary alicyclic amines) is 1. The molecule has 1 unspecified atom stereocenters. The number of alkyl halides is 1. The van der Waals surface area contributed by atoms with Gasteiger partial charge in [0.2, 0.25) is 0 Å². The van der Waals surface area contributed by atoms with Crippen LogP contribution in [0.2, 0.25) is 0 Å². The zero-order valence-electron chi connectivity index (χ0n) is 5.94. The zero-order chi connectivity index (χ0) is 6.69. The van der Waals surface area contributed by atoms with E-state index < -0.39 is 0 Å². The summed E-state index contributed by atoms with van der Waals surface area (Å²) in [5.41, 5.74) is 0. The SMILES string of the molecule is CCN1CCCC(I)C1. The van der Waals surface area contributed by atoms with Crippen LogP contribution in [0.25, 0.3) is 0 Å². The summed E-state index contributed by atoms with van der Waals surface area (Å²) in [6, 6.07) is 0. The van der Waals surface area contributed by atoms with Gasteiger partial charge in [-0.3, -0.25) is 0 Å². The van der Waals surface area contributed by atoms with Crippen molar-refractivity contribution in [2.75, 3.05) is 19.6 Å². The van der Waals surface area contributed by atoms with Crippen molar-refractivity contribution in [3.05, 3.63) is 0 Å². The standard InChI is InChI=1S/C7H14IN/c1-2-9-5-3-4-7(8)6-9/h7H,2-6H2,1H3. The molecule has 0 radical (unpaired) electrons. The predicted molar refractivity (Wildman–Crippen MR) is 49.2 cm³/mol. The summed E-state index contributed by atoms with van der Waals surface area (Å²) in [7, 11) is 0. The maximum absolute atomic E-state index is 2.55. The van der Waals surface area contributed by atoms with Crippen LogP contribution in [0.3, 0.4) is 0 Å². The van der Waals surface area contributed by atoms with E-state index >= 15 is 0 Å². The van der Waals surface area contributed by atoms with Crippen molar-refractivity contribution in [2.45, 2.75) is 23.7 Å². The molecule has 0 spiro atoms. The molecule has 1 atom stereocenters. The van der Waals surface area contributed by atoms with Gasteiger partial charge in [0.25, 0.3) is 0 Å². The van der Waals surface area contributed by atoms with Gasteiger partial charge in [-0.2, -0.15) is 0 Å². The van der Waals surface area contributed by atoms with Crippen molar-refractivity contribution < 1.29 is 0 Å². The molecule has 9 heavy (non-hydrogen) atoms. The van der Waals surface area contributed by atoms with Gasteiger partial charge in [-0.1, -0.05) is 29.5 Å². The average Bonchev–Trinajstić information content (AvgIpc) is 1.88. The number of halogens is 1. The largest absolute Gasteiger partial charge is 0.303 e. The molecular weight excluding hydrogens is 225 g/mol. The van der Waals surface area contributed by atoms with Crippen molar-refractivity contribution in [1.82, 2.24) is 4.90 Å². The highest BCUT2D eigenvalue weighted by molar-refractivity contribution is 14.1. The Bertz CT molecular complexity index is 85.0. The van der Waals surface area contributed by atoms with Gasteiger partial charge in [0.15, 0.2) is 0 Å². The van der Waals surface area contributed by atoms with Crippen LogP contribution in [0.5, 0.6) is 0 Å². The topological polar surface area (TPSA) is 3.24 Å². The quantitative estimate of drug-likeness (QED) is 0.499. The van der Waals surface area contributed by atoms with Gasteiger partial charge in [0, 0.05) is 10.5 Å². The highest BCUT2D eigenvalue weighted by atomic mass is 127. The summed E-state index contributed by atoms with van der Waals surface area (Å²) in [5.74, 6) is 0. The van der Waals surface area contributed by atoms with Crippen LogP contribution in [0.1, 0.15) is 19.8 Å². The zero-order valence-corrected chi connectivity index (χ0v) is 8.10. The molecule has 0 N–H and O–H groups in total. The highest BCUT2D eigenvalue weighted by Gasteiger charge is 2.14. The molecule has 0 saturated carbocycles. The summed E-state index contributed by atoms with van der Waals surface area (Å²) >= 11 is 2.55. The predicted octanol–water partition coefficient (Wildman–Crippen LogP) is 1.91. The summed E-state index contributed by atoms with van der Waals surface area (Å²) in [5, 5.41) is 0.